The van der Waals surface area contributed by atoms with E-state index in [1.165, 1.54) is 12.1 Å². The van der Waals surface area contributed by atoms with Crippen LogP contribution in [0.25, 0.3) is 0 Å². The van der Waals surface area contributed by atoms with Gasteiger partial charge in [-0.2, -0.15) is 0 Å². The maximum absolute atomic E-state index is 13.1. The lowest BCUT2D eigenvalue weighted by molar-refractivity contribution is 0.233. The molecule has 3 nitrogen and oxygen atoms in total. The number of nitrogens with one attached hydrogen (secondary N) is 1. The van der Waals surface area contributed by atoms with E-state index in [-0.39, 0.29) is 5.69 Å². The number of nitrogens with zero attached hydrogens (tertiary/aromatic N) is 1. The molecule has 1 aliphatic rings. The van der Waals surface area contributed by atoms with Crippen molar-refractivity contribution in [3.8, 4) is 0 Å². The third-order valence-electron chi connectivity index (χ3n) is 2.73. The number of nitrogen functional groups attached to an aromatic ring is 1. The lowest BCUT2D eigenvalue weighted by atomic mass is 10.1. The smallest absolute Gasteiger partial charge is 0.181 e. The van der Waals surface area contributed by atoms with Gasteiger partial charge in [-0.3, -0.25) is 4.90 Å². The minimum Gasteiger partial charge on any atom is -0.396 e. The summed E-state index contributed by atoms with van der Waals surface area (Å²) in [6, 6.07) is 2.72. The summed E-state index contributed by atoms with van der Waals surface area (Å²) >= 11 is 0. The van der Waals surface area contributed by atoms with Crippen molar-refractivity contribution in [3.05, 3.63) is 29.3 Å². The zero-order chi connectivity index (χ0) is 11.5. The van der Waals surface area contributed by atoms with Crippen LogP contribution < -0.4 is 11.1 Å². The molecule has 0 saturated carbocycles. The van der Waals surface area contributed by atoms with Crippen molar-refractivity contribution in [3.63, 3.8) is 0 Å². The minimum atomic E-state index is -0.955. The van der Waals surface area contributed by atoms with Crippen molar-refractivity contribution < 1.29 is 8.78 Å². The molecule has 0 bridgehead atoms. The summed E-state index contributed by atoms with van der Waals surface area (Å²) < 4.78 is 26.1. The largest absolute Gasteiger partial charge is 0.396 e. The van der Waals surface area contributed by atoms with Crippen LogP contribution in [0, 0.1) is 11.6 Å². The fourth-order valence-electron chi connectivity index (χ4n) is 1.89. The van der Waals surface area contributed by atoms with Crippen LogP contribution in [0.1, 0.15) is 5.56 Å². The van der Waals surface area contributed by atoms with E-state index in [2.05, 4.69) is 10.2 Å². The van der Waals surface area contributed by atoms with Crippen LogP contribution in [0.15, 0.2) is 12.1 Å². The maximum atomic E-state index is 13.1. The van der Waals surface area contributed by atoms with E-state index in [9.17, 15) is 8.78 Å². The van der Waals surface area contributed by atoms with E-state index < -0.39 is 11.6 Å². The molecule has 2 rings (SSSR count). The summed E-state index contributed by atoms with van der Waals surface area (Å²) in [4.78, 5) is 2.18. The molecule has 16 heavy (non-hydrogen) atoms. The number of hydrogen-bond acceptors (Lipinski definition) is 3. The molecule has 0 radical (unpaired) electrons. The van der Waals surface area contributed by atoms with Crippen molar-refractivity contribution in [2.45, 2.75) is 6.54 Å². The molecule has 0 atom stereocenters. The number of halogens is 2. The van der Waals surface area contributed by atoms with Crippen LogP contribution in [0.2, 0.25) is 0 Å². The molecule has 0 aliphatic carbocycles. The predicted molar refractivity (Wildman–Crippen MR) is 58.9 cm³/mol. The molecule has 1 fully saturated rings. The first-order chi connectivity index (χ1) is 7.66. The molecular weight excluding hydrogens is 212 g/mol. The Morgan fingerprint density at radius 1 is 1.25 bits per heavy atom. The van der Waals surface area contributed by atoms with Gasteiger partial charge >= 0.3 is 0 Å². The average molecular weight is 227 g/mol. The second-order valence-electron chi connectivity index (χ2n) is 4.01. The van der Waals surface area contributed by atoms with Crippen molar-refractivity contribution >= 4 is 5.69 Å². The highest BCUT2D eigenvalue weighted by molar-refractivity contribution is 5.43. The normalized spacial score (nSPS) is 17.6. The monoisotopic (exact) mass is 227 g/mol. The molecule has 1 aromatic rings. The molecule has 0 aromatic heterocycles. The number of benzene rings is 1. The molecule has 88 valence electrons. The van der Waals surface area contributed by atoms with E-state index in [0.29, 0.717) is 6.54 Å². The van der Waals surface area contributed by atoms with Gasteiger partial charge in [-0.05, 0) is 17.7 Å². The van der Waals surface area contributed by atoms with E-state index in [0.717, 1.165) is 31.7 Å². The first kappa shape index (κ1) is 11.3. The molecule has 3 N–H and O–H groups in total. The summed E-state index contributed by atoms with van der Waals surface area (Å²) in [6.07, 6.45) is 0. The second kappa shape index (κ2) is 4.76. The molecule has 5 heteroatoms. The van der Waals surface area contributed by atoms with Gasteiger partial charge in [-0.15, -0.1) is 0 Å². The van der Waals surface area contributed by atoms with Crippen molar-refractivity contribution in [1.29, 1.82) is 0 Å². The topological polar surface area (TPSA) is 41.3 Å². The van der Waals surface area contributed by atoms with Gasteiger partial charge in [-0.25, -0.2) is 8.78 Å². The van der Waals surface area contributed by atoms with Crippen LogP contribution >= 0.6 is 0 Å². The molecule has 0 amide bonds. The lowest BCUT2D eigenvalue weighted by Gasteiger charge is -2.27. The Morgan fingerprint density at radius 2 is 1.94 bits per heavy atom. The number of hydrogen-bond donors (Lipinski definition) is 2. The van der Waals surface area contributed by atoms with Gasteiger partial charge in [0.1, 0.15) is 0 Å². The minimum absolute atomic E-state index is 0.120. The number of rotatable bonds is 2. The Labute approximate surface area is 93.2 Å². The van der Waals surface area contributed by atoms with Gasteiger partial charge in [0, 0.05) is 32.7 Å². The summed E-state index contributed by atoms with van der Waals surface area (Å²) in [6.45, 7) is 4.30. The Hall–Kier alpha value is -1.20. The highest BCUT2D eigenvalue weighted by Gasteiger charge is 2.13. The van der Waals surface area contributed by atoms with Crippen molar-refractivity contribution in [1.82, 2.24) is 10.2 Å². The van der Waals surface area contributed by atoms with Crippen LogP contribution in [-0.4, -0.2) is 31.1 Å². The zero-order valence-electron chi connectivity index (χ0n) is 8.97. The highest BCUT2D eigenvalue weighted by Crippen LogP contribution is 2.18. The Kier molecular flexibility index (Phi) is 3.36. The summed E-state index contributed by atoms with van der Waals surface area (Å²) in [7, 11) is 0. The lowest BCUT2D eigenvalue weighted by Crippen LogP contribution is -2.42. The van der Waals surface area contributed by atoms with Crippen LogP contribution in [-0.2, 0) is 6.54 Å². The maximum Gasteiger partial charge on any atom is 0.181 e. The Balaban J connectivity index is 2.09. The molecule has 1 heterocycles. The average Bonchev–Trinajstić information content (AvgIpc) is 2.27. The van der Waals surface area contributed by atoms with Crippen molar-refractivity contribution in [2.75, 3.05) is 31.9 Å². The summed E-state index contributed by atoms with van der Waals surface area (Å²) in [5.41, 5.74) is 5.98. The SMILES string of the molecule is Nc1cc(CN2CCNCC2)cc(F)c1F. The number of nitrogens with two attached hydrogens (primary N) is 1. The first-order valence-electron chi connectivity index (χ1n) is 5.33. The summed E-state index contributed by atoms with van der Waals surface area (Å²) in [5, 5.41) is 3.23. The van der Waals surface area contributed by atoms with Gasteiger partial charge in [0.25, 0.3) is 0 Å². The summed E-state index contributed by atoms with van der Waals surface area (Å²) in [5.74, 6) is -1.82. The molecule has 0 spiro atoms. The van der Waals surface area contributed by atoms with E-state index >= 15 is 0 Å². The highest BCUT2D eigenvalue weighted by atomic mass is 19.2. The third kappa shape index (κ3) is 2.48. The molecule has 1 aromatic carbocycles. The van der Waals surface area contributed by atoms with E-state index in [1.54, 1.807) is 0 Å². The zero-order valence-corrected chi connectivity index (χ0v) is 8.97. The van der Waals surface area contributed by atoms with Crippen molar-refractivity contribution in [2.24, 2.45) is 0 Å². The van der Waals surface area contributed by atoms with E-state index in [1.807, 2.05) is 0 Å². The second-order valence-corrected chi connectivity index (χ2v) is 4.01. The van der Waals surface area contributed by atoms with Crippen LogP contribution in [0.3, 0.4) is 0 Å². The molecule has 0 unspecified atom stereocenters. The number of anilines is 1. The molecular formula is C11H15F2N3. The fourth-order valence-corrected chi connectivity index (χ4v) is 1.89. The predicted octanol–water partition coefficient (Wildman–Crippen LogP) is 0.952. The van der Waals surface area contributed by atoms with E-state index in [4.69, 9.17) is 5.73 Å². The van der Waals surface area contributed by atoms with Gasteiger partial charge in [-0.1, -0.05) is 0 Å². The standard InChI is InChI=1S/C11H15F2N3/c12-9-5-8(6-10(14)11(9)13)7-16-3-1-15-2-4-16/h5-6,15H,1-4,7,14H2. The van der Waals surface area contributed by atoms with Gasteiger partial charge in [0.15, 0.2) is 11.6 Å². The molecule has 1 saturated heterocycles. The van der Waals surface area contributed by atoms with Crippen LogP contribution in [0.5, 0.6) is 0 Å². The van der Waals surface area contributed by atoms with Gasteiger partial charge in [0.05, 0.1) is 5.69 Å². The third-order valence-corrected chi connectivity index (χ3v) is 2.73. The van der Waals surface area contributed by atoms with Gasteiger partial charge in [0.2, 0.25) is 0 Å². The Morgan fingerprint density at radius 3 is 2.56 bits per heavy atom. The quantitative estimate of drug-likeness (QED) is 0.739. The van der Waals surface area contributed by atoms with Gasteiger partial charge < -0.3 is 11.1 Å². The molecule has 1 aliphatic heterocycles. The first-order valence-corrected chi connectivity index (χ1v) is 5.33. The Bertz CT molecular complexity index is 352. The number of piperazine rings is 1. The fraction of sp³-hybridized carbons (Fsp3) is 0.455. The van der Waals surface area contributed by atoms with Crippen LogP contribution in [0.4, 0.5) is 14.5 Å².